The number of nitriles is 1. The van der Waals surface area contributed by atoms with Crippen LogP contribution in [0.25, 0.3) is 0 Å². The number of ether oxygens (including phenoxy) is 2. The van der Waals surface area contributed by atoms with Gasteiger partial charge in [0.1, 0.15) is 0 Å². The van der Waals surface area contributed by atoms with E-state index >= 15 is 0 Å². The number of hydrogen-bond donors (Lipinski definition) is 2. The Bertz CT molecular complexity index is 875. The standard InChI is InChI=1S/C16H10F3N3O3/c17-16(18,19)11-5-9(7-20)1-3-12(11)21-22-15(23)10-2-4-13-14(6-10)25-8-24-13/h1-6,21H,8H2,(H,22,23). The molecular formula is C16H10F3N3O3. The molecular weight excluding hydrogens is 339 g/mol. The molecule has 6 nitrogen and oxygen atoms in total. The summed E-state index contributed by atoms with van der Waals surface area (Å²) >= 11 is 0. The fourth-order valence-corrected chi connectivity index (χ4v) is 2.19. The largest absolute Gasteiger partial charge is 0.454 e. The van der Waals surface area contributed by atoms with Crippen LogP contribution in [0, 0.1) is 11.3 Å². The van der Waals surface area contributed by atoms with Gasteiger partial charge < -0.3 is 9.47 Å². The van der Waals surface area contributed by atoms with Crippen LogP contribution in [-0.4, -0.2) is 12.7 Å². The van der Waals surface area contributed by atoms with Crippen LogP contribution >= 0.6 is 0 Å². The molecule has 0 saturated carbocycles. The van der Waals surface area contributed by atoms with Crippen molar-refractivity contribution in [3.8, 4) is 17.6 Å². The number of benzene rings is 2. The summed E-state index contributed by atoms with van der Waals surface area (Å²) in [6.45, 7) is 0.0405. The topological polar surface area (TPSA) is 83.4 Å². The third-order valence-electron chi connectivity index (χ3n) is 3.40. The molecule has 0 radical (unpaired) electrons. The molecule has 3 rings (SSSR count). The van der Waals surface area contributed by atoms with Crippen LogP contribution in [-0.2, 0) is 6.18 Å². The first kappa shape index (κ1) is 16.4. The van der Waals surface area contributed by atoms with Crippen LogP contribution in [0.3, 0.4) is 0 Å². The number of nitrogens with one attached hydrogen (secondary N) is 2. The molecule has 0 aliphatic carbocycles. The molecule has 128 valence electrons. The predicted molar refractivity (Wildman–Crippen MR) is 79.8 cm³/mol. The van der Waals surface area contributed by atoms with Crippen molar-refractivity contribution in [2.45, 2.75) is 6.18 Å². The molecule has 1 aliphatic heterocycles. The van der Waals surface area contributed by atoms with Gasteiger partial charge in [-0.15, -0.1) is 0 Å². The maximum absolute atomic E-state index is 13.1. The fourth-order valence-electron chi connectivity index (χ4n) is 2.19. The highest BCUT2D eigenvalue weighted by molar-refractivity contribution is 5.95. The van der Waals surface area contributed by atoms with Crippen LogP contribution < -0.4 is 20.3 Å². The number of amides is 1. The van der Waals surface area contributed by atoms with E-state index in [0.717, 1.165) is 6.07 Å². The van der Waals surface area contributed by atoms with Crippen molar-refractivity contribution < 1.29 is 27.4 Å². The first-order chi connectivity index (χ1) is 11.9. The number of anilines is 1. The molecule has 1 amide bonds. The van der Waals surface area contributed by atoms with Gasteiger partial charge in [-0.05, 0) is 36.4 Å². The van der Waals surface area contributed by atoms with Crippen molar-refractivity contribution in [1.82, 2.24) is 5.43 Å². The zero-order valence-electron chi connectivity index (χ0n) is 12.5. The molecule has 25 heavy (non-hydrogen) atoms. The summed E-state index contributed by atoms with van der Waals surface area (Å²) < 4.78 is 49.5. The van der Waals surface area contributed by atoms with Crippen LogP contribution in [0.4, 0.5) is 18.9 Å². The van der Waals surface area contributed by atoms with Crippen molar-refractivity contribution in [1.29, 1.82) is 5.26 Å². The Morgan fingerprint density at radius 2 is 1.88 bits per heavy atom. The lowest BCUT2D eigenvalue weighted by Crippen LogP contribution is -2.30. The quantitative estimate of drug-likeness (QED) is 0.832. The number of halogens is 3. The third kappa shape index (κ3) is 3.42. The summed E-state index contributed by atoms with van der Waals surface area (Å²) in [6, 6.07) is 9.03. The van der Waals surface area contributed by atoms with Crippen LogP contribution in [0.5, 0.6) is 11.5 Å². The highest BCUT2D eigenvalue weighted by Crippen LogP contribution is 2.35. The van der Waals surface area contributed by atoms with E-state index in [4.69, 9.17) is 14.7 Å². The first-order valence-corrected chi connectivity index (χ1v) is 6.96. The number of rotatable bonds is 3. The van der Waals surface area contributed by atoms with Gasteiger partial charge in [0.15, 0.2) is 11.5 Å². The average molecular weight is 349 g/mol. The smallest absolute Gasteiger partial charge is 0.418 e. The summed E-state index contributed by atoms with van der Waals surface area (Å²) in [4.78, 5) is 12.1. The van der Waals surface area contributed by atoms with E-state index in [1.165, 1.54) is 24.3 Å². The van der Waals surface area contributed by atoms with E-state index in [-0.39, 0.29) is 23.6 Å². The van der Waals surface area contributed by atoms with E-state index in [1.807, 2.05) is 0 Å². The minimum Gasteiger partial charge on any atom is -0.454 e. The van der Waals surface area contributed by atoms with E-state index in [9.17, 15) is 18.0 Å². The molecule has 2 aromatic carbocycles. The molecule has 2 N–H and O–H groups in total. The molecule has 0 aromatic heterocycles. The molecule has 0 spiro atoms. The number of carbonyl (C=O) groups excluding carboxylic acids is 1. The lowest BCUT2D eigenvalue weighted by atomic mass is 10.1. The minimum atomic E-state index is -4.68. The second-order valence-corrected chi connectivity index (χ2v) is 5.02. The van der Waals surface area contributed by atoms with Crippen molar-refractivity contribution in [3.05, 3.63) is 53.1 Å². The Morgan fingerprint density at radius 3 is 2.60 bits per heavy atom. The van der Waals surface area contributed by atoms with Crippen LogP contribution in [0.2, 0.25) is 0 Å². The number of nitrogens with zero attached hydrogens (tertiary/aromatic N) is 1. The maximum atomic E-state index is 13.1. The van der Waals surface area contributed by atoms with E-state index in [2.05, 4.69) is 10.9 Å². The number of fused-ring (bicyclic) bond motifs is 1. The highest BCUT2D eigenvalue weighted by Gasteiger charge is 2.34. The summed E-state index contributed by atoms with van der Waals surface area (Å²) in [5.41, 5.74) is 3.03. The van der Waals surface area contributed by atoms with Gasteiger partial charge in [0, 0.05) is 5.56 Å². The Morgan fingerprint density at radius 1 is 1.12 bits per heavy atom. The zero-order valence-corrected chi connectivity index (χ0v) is 12.5. The van der Waals surface area contributed by atoms with Crippen molar-refractivity contribution in [3.63, 3.8) is 0 Å². The summed E-state index contributed by atoms with van der Waals surface area (Å²) in [6.07, 6.45) is -4.68. The number of carbonyl (C=O) groups is 1. The molecule has 0 atom stereocenters. The lowest BCUT2D eigenvalue weighted by molar-refractivity contribution is -0.137. The summed E-state index contributed by atoms with van der Waals surface area (Å²) in [5.74, 6) is 0.203. The third-order valence-corrected chi connectivity index (χ3v) is 3.40. The normalized spacial score (nSPS) is 12.4. The Hall–Kier alpha value is -3.41. The van der Waals surface area contributed by atoms with Gasteiger partial charge in [-0.2, -0.15) is 18.4 Å². The van der Waals surface area contributed by atoms with E-state index in [1.54, 1.807) is 6.07 Å². The fraction of sp³-hybridized carbons (Fsp3) is 0.125. The van der Waals surface area contributed by atoms with Crippen LogP contribution in [0.1, 0.15) is 21.5 Å². The van der Waals surface area contributed by atoms with Crippen molar-refractivity contribution in [2.24, 2.45) is 0 Å². The Labute approximate surface area is 139 Å². The van der Waals surface area contributed by atoms with E-state index in [0.29, 0.717) is 17.6 Å². The zero-order chi connectivity index (χ0) is 18.0. The maximum Gasteiger partial charge on any atom is 0.418 e. The minimum absolute atomic E-state index is 0.0405. The van der Waals surface area contributed by atoms with Crippen LogP contribution in [0.15, 0.2) is 36.4 Å². The monoisotopic (exact) mass is 349 g/mol. The molecule has 1 heterocycles. The molecule has 0 saturated heterocycles. The predicted octanol–water partition coefficient (Wildman–Crippen LogP) is 3.06. The van der Waals surface area contributed by atoms with Gasteiger partial charge in [0.05, 0.1) is 22.9 Å². The molecule has 9 heteroatoms. The number of hydrazine groups is 1. The van der Waals surface area contributed by atoms with Gasteiger partial charge in [0.2, 0.25) is 6.79 Å². The average Bonchev–Trinajstić information content (AvgIpc) is 3.06. The SMILES string of the molecule is N#Cc1ccc(NNC(=O)c2ccc3c(c2)OCO3)c(C(F)(F)F)c1. The van der Waals surface area contributed by atoms with Gasteiger partial charge in [-0.1, -0.05) is 0 Å². The van der Waals surface area contributed by atoms with Gasteiger partial charge in [0.25, 0.3) is 5.91 Å². The molecule has 0 fully saturated rings. The molecule has 0 unspecified atom stereocenters. The lowest BCUT2D eigenvalue weighted by Gasteiger charge is -2.15. The number of alkyl halides is 3. The Kier molecular flexibility index (Phi) is 4.10. The second-order valence-electron chi connectivity index (χ2n) is 5.02. The van der Waals surface area contributed by atoms with E-state index < -0.39 is 17.6 Å². The van der Waals surface area contributed by atoms with Gasteiger partial charge in [-0.25, -0.2) is 0 Å². The van der Waals surface area contributed by atoms with Gasteiger partial charge in [-0.3, -0.25) is 15.6 Å². The second kappa shape index (κ2) is 6.24. The Balaban J connectivity index is 1.77. The van der Waals surface area contributed by atoms with Crippen molar-refractivity contribution in [2.75, 3.05) is 12.2 Å². The summed E-state index contributed by atoms with van der Waals surface area (Å²) in [5, 5.41) is 8.73. The van der Waals surface area contributed by atoms with Gasteiger partial charge >= 0.3 is 6.18 Å². The molecule has 2 aromatic rings. The molecule has 0 bridgehead atoms. The number of hydrogen-bond acceptors (Lipinski definition) is 5. The molecule has 1 aliphatic rings. The van der Waals surface area contributed by atoms with Crippen molar-refractivity contribution >= 4 is 11.6 Å². The summed E-state index contributed by atoms with van der Waals surface area (Å²) in [7, 11) is 0. The first-order valence-electron chi connectivity index (χ1n) is 6.96. The highest BCUT2D eigenvalue weighted by atomic mass is 19.4.